The summed E-state index contributed by atoms with van der Waals surface area (Å²) in [6.45, 7) is 0. The van der Waals surface area contributed by atoms with Crippen LogP contribution in [0, 0.1) is 0 Å². The number of H-pyrrole nitrogens is 1. The molecule has 0 fully saturated rings. The molecule has 0 amide bonds. The molecule has 0 saturated carbocycles. The second-order valence-corrected chi connectivity index (χ2v) is 3.27. The van der Waals surface area contributed by atoms with Gasteiger partial charge in [0, 0.05) is 11.8 Å². The van der Waals surface area contributed by atoms with Crippen LogP contribution in [0.15, 0.2) is 47.4 Å². The molecule has 0 bridgehead atoms. The van der Waals surface area contributed by atoms with Gasteiger partial charge in [0.1, 0.15) is 5.56 Å². The first-order valence-electron chi connectivity index (χ1n) is 4.70. The Kier molecular flexibility index (Phi) is 2.55. The molecular formula is C12H9NO3. The first kappa shape index (κ1) is 10.2. The second kappa shape index (κ2) is 4.02. The zero-order valence-corrected chi connectivity index (χ0v) is 8.31. The van der Waals surface area contributed by atoms with Crippen LogP contribution in [0.4, 0.5) is 0 Å². The highest BCUT2D eigenvalue weighted by Gasteiger charge is 2.15. The van der Waals surface area contributed by atoms with E-state index in [0.717, 1.165) is 0 Å². The fraction of sp³-hybridized carbons (Fsp3) is 0. The summed E-state index contributed by atoms with van der Waals surface area (Å²) in [6, 6.07) is 10.5. The summed E-state index contributed by atoms with van der Waals surface area (Å²) < 4.78 is 0. The van der Waals surface area contributed by atoms with E-state index in [9.17, 15) is 9.59 Å². The number of aromatic nitrogens is 1. The molecule has 1 aromatic carbocycles. The predicted molar refractivity (Wildman–Crippen MR) is 59.5 cm³/mol. The number of rotatable bonds is 2. The van der Waals surface area contributed by atoms with Crippen molar-refractivity contribution in [3.05, 3.63) is 58.5 Å². The zero-order valence-electron chi connectivity index (χ0n) is 8.31. The molecule has 16 heavy (non-hydrogen) atoms. The molecule has 80 valence electrons. The lowest BCUT2D eigenvalue weighted by atomic mass is 10.0. The summed E-state index contributed by atoms with van der Waals surface area (Å²) in [7, 11) is 0. The Labute approximate surface area is 91.2 Å². The average Bonchev–Trinajstić information content (AvgIpc) is 2.29. The second-order valence-electron chi connectivity index (χ2n) is 3.27. The lowest BCUT2D eigenvalue weighted by molar-refractivity contribution is 0.0696. The first-order chi connectivity index (χ1) is 7.70. The topological polar surface area (TPSA) is 70.2 Å². The SMILES string of the molecule is O=C(O)c1c(-c2ccccc2)cc[nH]c1=O. The van der Waals surface area contributed by atoms with Gasteiger partial charge in [0.05, 0.1) is 0 Å². The molecule has 0 aliphatic rings. The molecule has 0 aliphatic carbocycles. The molecule has 4 nitrogen and oxygen atoms in total. The van der Waals surface area contributed by atoms with Crippen molar-refractivity contribution in [1.29, 1.82) is 0 Å². The fourth-order valence-electron chi connectivity index (χ4n) is 1.55. The van der Waals surface area contributed by atoms with Crippen LogP contribution >= 0.6 is 0 Å². The van der Waals surface area contributed by atoms with Gasteiger partial charge >= 0.3 is 5.97 Å². The Morgan fingerprint density at radius 1 is 1.12 bits per heavy atom. The van der Waals surface area contributed by atoms with Crippen LogP contribution in [0.2, 0.25) is 0 Å². The molecule has 0 aliphatic heterocycles. The summed E-state index contributed by atoms with van der Waals surface area (Å²) >= 11 is 0. The molecule has 0 saturated heterocycles. The molecule has 2 rings (SSSR count). The van der Waals surface area contributed by atoms with E-state index < -0.39 is 11.5 Å². The Morgan fingerprint density at radius 2 is 1.81 bits per heavy atom. The molecule has 0 atom stereocenters. The van der Waals surface area contributed by atoms with Crippen molar-refractivity contribution in [2.75, 3.05) is 0 Å². The van der Waals surface area contributed by atoms with Gasteiger partial charge in [-0.2, -0.15) is 0 Å². The van der Waals surface area contributed by atoms with Gasteiger partial charge in [-0.05, 0) is 11.6 Å². The number of carboxylic acids is 1. The van der Waals surface area contributed by atoms with Gasteiger partial charge in [-0.15, -0.1) is 0 Å². The third kappa shape index (κ3) is 1.72. The lowest BCUT2D eigenvalue weighted by Crippen LogP contribution is -2.18. The third-order valence-corrected chi connectivity index (χ3v) is 2.26. The van der Waals surface area contributed by atoms with Crippen LogP contribution in [-0.4, -0.2) is 16.1 Å². The van der Waals surface area contributed by atoms with Crippen LogP contribution < -0.4 is 5.56 Å². The highest BCUT2D eigenvalue weighted by atomic mass is 16.4. The predicted octanol–water partition coefficient (Wildman–Crippen LogP) is 1.74. The quantitative estimate of drug-likeness (QED) is 0.801. The van der Waals surface area contributed by atoms with Gasteiger partial charge in [-0.25, -0.2) is 4.79 Å². The van der Waals surface area contributed by atoms with Crippen LogP contribution in [0.25, 0.3) is 11.1 Å². The lowest BCUT2D eigenvalue weighted by Gasteiger charge is -2.04. The van der Waals surface area contributed by atoms with E-state index in [1.165, 1.54) is 6.20 Å². The minimum absolute atomic E-state index is 0.228. The Balaban J connectivity index is 2.71. The maximum atomic E-state index is 11.4. The monoisotopic (exact) mass is 215 g/mol. The van der Waals surface area contributed by atoms with Gasteiger partial charge in [0.15, 0.2) is 0 Å². The number of hydrogen-bond acceptors (Lipinski definition) is 2. The smallest absolute Gasteiger partial charge is 0.341 e. The number of carboxylic acid groups (broad SMARTS) is 1. The molecule has 2 N–H and O–H groups in total. The van der Waals surface area contributed by atoms with E-state index >= 15 is 0 Å². The Hall–Kier alpha value is -2.36. The van der Waals surface area contributed by atoms with Crippen molar-refractivity contribution in [2.45, 2.75) is 0 Å². The van der Waals surface area contributed by atoms with Crippen molar-refractivity contribution in [1.82, 2.24) is 4.98 Å². The average molecular weight is 215 g/mol. The maximum absolute atomic E-state index is 11.4. The molecule has 0 radical (unpaired) electrons. The van der Waals surface area contributed by atoms with Gasteiger partial charge < -0.3 is 10.1 Å². The Morgan fingerprint density at radius 3 is 2.44 bits per heavy atom. The van der Waals surface area contributed by atoms with E-state index in [4.69, 9.17) is 5.11 Å². The number of pyridine rings is 1. The maximum Gasteiger partial charge on any atom is 0.341 e. The van der Waals surface area contributed by atoms with Crippen molar-refractivity contribution < 1.29 is 9.90 Å². The van der Waals surface area contributed by atoms with Crippen molar-refractivity contribution >= 4 is 5.97 Å². The summed E-state index contributed by atoms with van der Waals surface area (Å²) in [6.07, 6.45) is 1.44. The van der Waals surface area contributed by atoms with Crippen LogP contribution in [0.1, 0.15) is 10.4 Å². The first-order valence-corrected chi connectivity index (χ1v) is 4.70. The number of hydrogen-bond donors (Lipinski definition) is 2. The van der Waals surface area contributed by atoms with E-state index in [-0.39, 0.29) is 5.56 Å². The highest BCUT2D eigenvalue weighted by Crippen LogP contribution is 2.20. The van der Waals surface area contributed by atoms with E-state index in [2.05, 4.69) is 4.98 Å². The van der Waals surface area contributed by atoms with Gasteiger partial charge in [-0.1, -0.05) is 30.3 Å². The fourth-order valence-corrected chi connectivity index (χ4v) is 1.55. The van der Waals surface area contributed by atoms with Gasteiger partial charge in [0.25, 0.3) is 5.56 Å². The van der Waals surface area contributed by atoms with Crippen molar-refractivity contribution in [3.8, 4) is 11.1 Å². The molecule has 1 heterocycles. The zero-order chi connectivity index (χ0) is 11.5. The summed E-state index contributed by atoms with van der Waals surface area (Å²) in [5.74, 6) is -1.22. The molecule has 1 aromatic heterocycles. The van der Waals surface area contributed by atoms with Gasteiger partial charge in [-0.3, -0.25) is 4.79 Å². The largest absolute Gasteiger partial charge is 0.477 e. The minimum atomic E-state index is -1.22. The third-order valence-electron chi connectivity index (χ3n) is 2.26. The molecule has 4 heteroatoms. The standard InChI is InChI=1S/C12H9NO3/c14-11-10(12(15)16)9(6-7-13-11)8-4-2-1-3-5-8/h1-7H,(H,13,14)(H,15,16). The van der Waals surface area contributed by atoms with E-state index in [0.29, 0.717) is 11.1 Å². The van der Waals surface area contributed by atoms with Crippen LogP contribution in [-0.2, 0) is 0 Å². The minimum Gasteiger partial charge on any atom is -0.477 e. The molecule has 2 aromatic rings. The van der Waals surface area contributed by atoms with Crippen molar-refractivity contribution in [3.63, 3.8) is 0 Å². The highest BCUT2D eigenvalue weighted by molar-refractivity contribution is 5.95. The van der Waals surface area contributed by atoms with E-state index in [1.807, 2.05) is 6.07 Å². The number of aromatic carboxylic acids is 1. The number of nitrogens with one attached hydrogen (secondary N) is 1. The van der Waals surface area contributed by atoms with Gasteiger partial charge in [0.2, 0.25) is 0 Å². The van der Waals surface area contributed by atoms with E-state index in [1.54, 1.807) is 30.3 Å². The van der Waals surface area contributed by atoms with Crippen LogP contribution in [0.3, 0.4) is 0 Å². The number of aromatic amines is 1. The summed E-state index contributed by atoms with van der Waals surface area (Å²) in [5, 5.41) is 8.99. The number of benzene rings is 1. The summed E-state index contributed by atoms with van der Waals surface area (Å²) in [4.78, 5) is 24.8. The molecule has 0 spiro atoms. The Bertz CT molecular complexity index is 572. The van der Waals surface area contributed by atoms with Crippen molar-refractivity contribution in [2.24, 2.45) is 0 Å². The summed E-state index contributed by atoms with van der Waals surface area (Å²) in [5.41, 5.74) is 0.324. The number of carbonyl (C=O) groups is 1. The molecular weight excluding hydrogens is 206 g/mol. The normalized spacial score (nSPS) is 10.0. The van der Waals surface area contributed by atoms with Crippen LogP contribution in [0.5, 0.6) is 0 Å². The molecule has 0 unspecified atom stereocenters.